The van der Waals surface area contributed by atoms with Crippen LogP contribution in [0.5, 0.6) is 0 Å². The number of carbonyl (C=O) groups excluding carboxylic acids is 2. The Morgan fingerprint density at radius 2 is 1.04 bits per heavy atom. The van der Waals surface area contributed by atoms with Gasteiger partial charge in [-0.05, 0) is 49.6 Å². The van der Waals surface area contributed by atoms with Crippen LogP contribution in [0.4, 0.5) is 0 Å². The lowest BCUT2D eigenvalue weighted by molar-refractivity contribution is -0.522. The zero-order valence-electron chi connectivity index (χ0n) is 16.2. The molecule has 148 valence electrons. The summed E-state index contributed by atoms with van der Waals surface area (Å²) >= 11 is 0. The highest BCUT2D eigenvalue weighted by Crippen LogP contribution is 2.21. The molecule has 9 heteroatoms. The van der Waals surface area contributed by atoms with Crippen LogP contribution < -0.4 is 0 Å². The molecule has 9 nitrogen and oxygen atoms in total. The van der Waals surface area contributed by atoms with Gasteiger partial charge in [0.05, 0.1) is 0 Å². The molecule has 0 aliphatic carbocycles. The summed E-state index contributed by atoms with van der Waals surface area (Å²) in [5, 5.41) is 8.83. The van der Waals surface area contributed by atoms with Gasteiger partial charge < -0.3 is 4.74 Å². The van der Waals surface area contributed by atoms with Crippen molar-refractivity contribution in [3.05, 3.63) is 0 Å². The smallest absolute Gasteiger partial charge is 0.358 e. The van der Waals surface area contributed by atoms with E-state index in [0.29, 0.717) is 0 Å². The highest BCUT2D eigenvalue weighted by Gasteiger charge is 2.27. The first-order valence-electron chi connectivity index (χ1n) is 8.06. The van der Waals surface area contributed by atoms with Gasteiger partial charge in [0.1, 0.15) is 24.4 Å². The maximum absolute atomic E-state index is 11.3. The Morgan fingerprint density at radius 1 is 0.720 bits per heavy atom. The van der Waals surface area contributed by atoms with Crippen molar-refractivity contribution in [2.45, 2.75) is 66.6 Å². The Hall–Kier alpha value is -1.26. The van der Waals surface area contributed by atoms with Crippen LogP contribution in [0.2, 0.25) is 0 Å². The molecule has 0 aliphatic heterocycles. The van der Waals surface area contributed by atoms with Crippen LogP contribution in [0.1, 0.15) is 55.4 Å². The van der Waals surface area contributed by atoms with E-state index in [1.807, 2.05) is 27.7 Å². The van der Waals surface area contributed by atoms with Gasteiger partial charge in [0.15, 0.2) is 0 Å². The maximum Gasteiger partial charge on any atom is 0.371 e. The van der Waals surface area contributed by atoms with Crippen molar-refractivity contribution in [2.24, 2.45) is 11.8 Å². The topological polar surface area (TPSA) is 98.8 Å². The molecule has 0 heterocycles. The van der Waals surface area contributed by atoms with Gasteiger partial charge >= 0.3 is 11.9 Å². The monoisotopic (exact) mass is 366 g/mol. The highest BCUT2D eigenvalue weighted by molar-refractivity contribution is 5.72. The van der Waals surface area contributed by atoms with Crippen LogP contribution in [0, 0.1) is 11.8 Å². The molecular weight excluding hydrogens is 336 g/mol. The molecule has 0 N–H and O–H groups in total. The molecule has 0 aromatic carbocycles. The molecule has 0 aromatic heterocycles. The standard InChI is InChI=1S/C16H30O9/c1-11(2)15(5,6)22-24-20-13(17)9-19-10-14(18)21-25-23-16(7,8)12(3)4/h11-12H,9-10H2,1-8H3. The van der Waals surface area contributed by atoms with Crippen LogP contribution in [-0.2, 0) is 44.0 Å². The zero-order chi connectivity index (χ0) is 19.7. The van der Waals surface area contributed by atoms with E-state index in [9.17, 15) is 9.59 Å². The van der Waals surface area contributed by atoms with E-state index in [-0.39, 0.29) is 11.8 Å². The summed E-state index contributed by atoms with van der Waals surface area (Å²) in [6.45, 7) is 13.8. The lowest BCUT2D eigenvalue weighted by Gasteiger charge is -2.25. The number of hydrogen-bond acceptors (Lipinski definition) is 9. The van der Waals surface area contributed by atoms with Gasteiger partial charge in [-0.3, -0.25) is 9.78 Å². The Labute approximate surface area is 148 Å². The van der Waals surface area contributed by atoms with Gasteiger partial charge in [-0.1, -0.05) is 27.7 Å². The van der Waals surface area contributed by atoms with Crippen molar-refractivity contribution in [1.82, 2.24) is 0 Å². The summed E-state index contributed by atoms with van der Waals surface area (Å²) in [6, 6.07) is 0. The van der Waals surface area contributed by atoms with Gasteiger partial charge in [-0.25, -0.2) is 9.59 Å². The minimum Gasteiger partial charge on any atom is -0.358 e. The van der Waals surface area contributed by atoms with Gasteiger partial charge in [0, 0.05) is 0 Å². The average Bonchev–Trinajstić information content (AvgIpc) is 2.46. The Morgan fingerprint density at radius 3 is 1.32 bits per heavy atom. The van der Waals surface area contributed by atoms with Crippen LogP contribution >= 0.6 is 0 Å². The van der Waals surface area contributed by atoms with E-state index in [4.69, 9.17) is 14.5 Å². The molecule has 25 heavy (non-hydrogen) atoms. The summed E-state index contributed by atoms with van der Waals surface area (Å²) in [5.41, 5.74) is -1.27. The quantitative estimate of drug-likeness (QED) is 0.381. The summed E-state index contributed by atoms with van der Waals surface area (Å²) in [5.74, 6) is -1.46. The lowest BCUT2D eigenvalue weighted by Crippen LogP contribution is -2.32. The van der Waals surface area contributed by atoms with Crippen LogP contribution in [0.3, 0.4) is 0 Å². The molecule has 0 saturated carbocycles. The maximum atomic E-state index is 11.3. The summed E-state index contributed by atoms with van der Waals surface area (Å²) in [7, 11) is 0. The molecule has 0 aliphatic rings. The molecule has 0 fully saturated rings. The van der Waals surface area contributed by atoms with E-state index in [0.717, 1.165) is 0 Å². The zero-order valence-corrected chi connectivity index (χ0v) is 16.2. The third kappa shape index (κ3) is 10.4. The Bertz CT molecular complexity index is 378. The van der Waals surface area contributed by atoms with Crippen LogP contribution in [0.15, 0.2) is 0 Å². The van der Waals surface area contributed by atoms with Crippen LogP contribution in [-0.4, -0.2) is 36.4 Å². The SMILES string of the molecule is CC(C)C(C)(C)OOOC(=O)COCC(=O)OOOC(C)(C)C(C)C. The molecular formula is C16H30O9. The van der Waals surface area contributed by atoms with Gasteiger partial charge in [-0.15, -0.1) is 0 Å². The number of rotatable bonds is 12. The fraction of sp³-hybridized carbons (Fsp3) is 0.875. The van der Waals surface area contributed by atoms with Gasteiger partial charge in [0.2, 0.25) is 0 Å². The lowest BCUT2D eigenvalue weighted by atomic mass is 9.95. The average molecular weight is 366 g/mol. The van der Waals surface area contributed by atoms with Gasteiger partial charge in [-0.2, -0.15) is 9.78 Å². The number of ether oxygens (including phenoxy) is 1. The predicted octanol–water partition coefficient (Wildman–Crippen LogP) is 2.69. The third-order valence-corrected chi connectivity index (χ3v) is 3.97. The second-order valence-corrected chi connectivity index (χ2v) is 7.22. The molecule has 0 bridgehead atoms. The minimum atomic E-state index is -0.870. The first-order valence-corrected chi connectivity index (χ1v) is 8.06. The second kappa shape index (κ2) is 10.7. The van der Waals surface area contributed by atoms with E-state index < -0.39 is 36.4 Å². The largest absolute Gasteiger partial charge is 0.371 e. The normalized spacial score (nSPS) is 12.6. The van der Waals surface area contributed by atoms with Crippen molar-refractivity contribution in [3.8, 4) is 0 Å². The van der Waals surface area contributed by atoms with Crippen molar-refractivity contribution in [2.75, 3.05) is 13.2 Å². The molecule has 0 aromatic rings. The van der Waals surface area contributed by atoms with E-state index >= 15 is 0 Å². The van der Waals surface area contributed by atoms with Crippen molar-refractivity contribution < 1.29 is 44.0 Å². The van der Waals surface area contributed by atoms with Crippen molar-refractivity contribution >= 4 is 11.9 Å². The Balaban J connectivity index is 3.82. The predicted molar refractivity (Wildman–Crippen MR) is 85.2 cm³/mol. The first kappa shape index (κ1) is 23.7. The minimum absolute atomic E-state index is 0.139. The summed E-state index contributed by atoms with van der Waals surface area (Å²) < 4.78 is 4.80. The molecule has 0 atom stereocenters. The fourth-order valence-electron chi connectivity index (χ4n) is 0.744. The van der Waals surface area contributed by atoms with Crippen LogP contribution in [0.25, 0.3) is 0 Å². The molecule has 0 saturated heterocycles. The van der Waals surface area contributed by atoms with Crippen molar-refractivity contribution in [3.63, 3.8) is 0 Å². The number of hydrogen-bond donors (Lipinski definition) is 0. The number of carbonyl (C=O) groups is 2. The fourth-order valence-corrected chi connectivity index (χ4v) is 0.744. The van der Waals surface area contributed by atoms with E-state index in [2.05, 4.69) is 19.9 Å². The summed E-state index contributed by atoms with van der Waals surface area (Å²) in [4.78, 5) is 41.3. The molecule has 0 unspecified atom stereocenters. The molecule has 0 radical (unpaired) electrons. The first-order chi connectivity index (χ1) is 11.4. The van der Waals surface area contributed by atoms with E-state index in [1.54, 1.807) is 27.7 Å². The van der Waals surface area contributed by atoms with E-state index in [1.165, 1.54) is 0 Å². The highest BCUT2D eigenvalue weighted by atomic mass is 17.5. The van der Waals surface area contributed by atoms with Gasteiger partial charge in [0.25, 0.3) is 0 Å². The third-order valence-electron chi connectivity index (χ3n) is 3.97. The molecule has 0 amide bonds. The molecule has 0 spiro atoms. The summed E-state index contributed by atoms with van der Waals surface area (Å²) in [6.07, 6.45) is 0. The Kier molecular flexibility index (Phi) is 10.1. The van der Waals surface area contributed by atoms with Crippen molar-refractivity contribution in [1.29, 1.82) is 0 Å². The second-order valence-electron chi connectivity index (χ2n) is 7.22. The molecule has 0 rings (SSSR count).